The largest absolute Gasteiger partial charge is 0.497 e. The van der Waals surface area contributed by atoms with Gasteiger partial charge >= 0.3 is 15.2 Å². The van der Waals surface area contributed by atoms with Gasteiger partial charge in [0, 0.05) is 10.0 Å². The molecule has 4 rings (SSSR count). The van der Waals surface area contributed by atoms with Gasteiger partial charge in [-0.3, -0.25) is 9.13 Å². The van der Waals surface area contributed by atoms with Gasteiger partial charge in [-0.2, -0.15) is 0 Å². The Kier molecular flexibility index (Phi) is 11.8. The molecule has 0 bridgehead atoms. The highest BCUT2D eigenvalue weighted by molar-refractivity contribution is 8.00. The molecule has 0 fully saturated rings. The van der Waals surface area contributed by atoms with Crippen LogP contribution in [0, 0.1) is 0 Å². The SMILES string of the molecule is COc1ccc(C(/C=C\c2ccc(P(=O)(O)O)cc2)SC(/C=C\c2ccc(P(=O)(O)O)cc2)c2ccc(OC)cc2Cl)c(Cl)c1. The molecule has 4 aromatic rings. The quantitative estimate of drug-likeness (QED) is 0.110. The number of hydrogen-bond acceptors (Lipinski definition) is 5. The van der Waals surface area contributed by atoms with Crippen molar-refractivity contribution >= 4 is 72.9 Å². The molecule has 0 saturated carbocycles. The van der Waals surface area contributed by atoms with Crippen LogP contribution in [0.4, 0.5) is 0 Å². The van der Waals surface area contributed by atoms with E-state index in [9.17, 15) is 28.7 Å². The van der Waals surface area contributed by atoms with Gasteiger partial charge in [-0.25, -0.2) is 0 Å². The van der Waals surface area contributed by atoms with E-state index in [1.807, 2.05) is 48.6 Å². The predicted molar refractivity (Wildman–Crippen MR) is 183 cm³/mol. The second-order valence-corrected chi connectivity index (χ2v) is 15.1. The Morgan fingerprint density at radius 1 is 0.622 bits per heavy atom. The number of methoxy groups -OCH3 is 2. The van der Waals surface area contributed by atoms with E-state index < -0.39 is 15.2 Å². The van der Waals surface area contributed by atoms with E-state index >= 15 is 0 Å². The lowest BCUT2D eigenvalue weighted by Crippen LogP contribution is -2.02. The average molecular weight is 708 g/mol. The molecule has 2 atom stereocenters. The lowest BCUT2D eigenvalue weighted by molar-refractivity contribution is 0.385. The maximum Gasteiger partial charge on any atom is 0.356 e. The lowest BCUT2D eigenvalue weighted by Gasteiger charge is -2.22. The number of halogens is 2. The molecule has 0 aliphatic carbocycles. The molecule has 0 aliphatic rings. The summed E-state index contributed by atoms with van der Waals surface area (Å²) in [6.45, 7) is 0. The summed E-state index contributed by atoms with van der Waals surface area (Å²) in [5, 5.41) is 0.133. The fraction of sp³-hybridized carbons (Fsp3) is 0.125. The number of benzene rings is 4. The zero-order valence-corrected chi connectivity index (χ0v) is 28.1. The smallest absolute Gasteiger partial charge is 0.356 e. The van der Waals surface area contributed by atoms with Crippen molar-refractivity contribution in [2.45, 2.75) is 10.5 Å². The van der Waals surface area contributed by atoms with E-state index in [2.05, 4.69) is 0 Å². The van der Waals surface area contributed by atoms with Gasteiger partial charge in [0.1, 0.15) is 11.5 Å². The fourth-order valence-electron chi connectivity index (χ4n) is 4.29. The van der Waals surface area contributed by atoms with Crippen LogP contribution in [-0.2, 0) is 9.13 Å². The third kappa shape index (κ3) is 9.60. The fourth-order valence-corrected chi connectivity index (χ4v) is 7.43. The van der Waals surface area contributed by atoms with Crippen molar-refractivity contribution in [2.24, 2.45) is 0 Å². The van der Waals surface area contributed by atoms with Crippen molar-refractivity contribution in [1.82, 2.24) is 0 Å². The Bertz CT molecular complexity index is 1650. The third-order valence-corrected chi connectivity index (χ3v) is 10.7. The molecular weight excluding hydrogens is 677 g/mol. The molecule has 13 heteroatoms. The van der Waals surface area contributed by atoms with Gasteiger partial charge in [-0.1, -0.05) is 83.9 Å². The van der Waals surface area contributed by atoms with Crippen molar-refractivity contribution < 1.29 is 38.2 Å². The first-order chi connectivity index (χ1) is 21.3. The summed E-state index contributed by atoms with van der Waals surface area (Å²) >= 11 is 15.0. The summed E-state index contributed by atoms with van der Waals surface area (Å²) in [4.78, 5) is 37.9. The maximum absolute atomic E-state index is 11.6. The second kappa shape index (κ2) is 15.2. The van der Waals surface area contributed by atoms with Gasteiger partial charge in [0.05, 0.1) is 35.3 Å². The topological polar surface area (TPSA) is 134 Å². The molecule has 0 aliphatic heterocycles. The van der Waals surface area contributed by atoms with Crippen LogP contribution in [0.5, 0.6) is 11.5 Å². The summed E-state index contributed by atoms with van der Waals surface area (Å²) < 4.78 is 33.9. The van der Waals surface area contributed by atoms with Gasteiger partial charge in [0.2, 0.25) is 0 Å². The Morgan fingerprint density at radius 2 is 0.978 bits per heavy atom. The van der Waals surface area contributed by atoms with Gasteiger partial charge in [0.25, 0.3) is 0 Å². The van der Waals surface area contributed by atoms with Gasteiger partial charge in [0.15, 0.2) is 0 Å². The molecule has 4 N–H and O–H groups in total. The molecular formula is C32H30Cl2O8P2S. The van der Waals surface area contributed by atoms with E-state index in [1.165, 1.54) is 36.0 Å². The Balaban J connectivity index is 1.76. The van der Waals surface area contributed by atoms with Gasteiger partial charge < -0.3 is 29.0 Å². The Hall–Kier alpha value is -2.81. The molecule has 2 unspecified atom stereocenters. The standard InChI is InChI=1S/C32H30Cl2O8P2S/c1-41-23-9-15-27(29(33)19-23)31(17-7-21-3-11-25(12-4-21)43(35,36)37)45-32(28-16-10-24(42-2)20-30(28)34)18-8-22-5-13-26(14-6-22)44(38,39)40/h3-20,31-32H,1-2H3,(H2,35,36,37)(H2,38,39,40)/b17-7-,18-8-. The highest BCUT2D eigenvalue weighted by Gasteiger charge is 2.22. The highest BCUT2D eigenvalue weighted by atomic mass is 35.5. The minimum Gasteiger partial charge on any atom is -0.497 e. The van der Waals surface area contributed by atoms with Crippen LogP contribution in [0.1, 0.15) is 32.8 Å². The normalized spacial score (nSPS) is 13.7. The second-order valence-electron chi connectivity index (χ2n) is 9.74. The van der Waals surface area contributed by atoms with Crippen LogP contribution in [0.15, 0.2) is 97.1 Å². The highest BCUT2D eigenvalue weighted by Crippen LogP contribution is 2.47. The Morgan fingerprint density at radius 3 is 1.27 bits per heavy atom. The molecule has 8 nitrogen and oxygen atoms in total. The zero-order valence-electron chi connectivity index (χ0n) is 24.0. The van der Waals surface area contributed by atoms with Crippen LogP contribution >= 0.6 is 50.2 Å². The van der Waals surface area contributed by atoms with Gasteiger partial charge in [-0.05, 0) is 70.8 Å². The van der Waals surface area contributed by atoms with E-state index in [1.54, 1.807) is 50.6 Å². The van der Waals surface area contributed by atoms with E-state index in [-0.39, 0.29) is 21.1 Å². The van der Waals surface area contributed by atoms with Crippen LogP contribution in [0.2, 0.25) is 10.0 Å². The van der Waals surface area contributed by atoms with Crippen molar-refractivity contribution in [2.75, 3.05) is 14.2 Å². The monoisotopic (exact) mass is 706 g/mol. The summed E-state index contributed by atoms with van der Waals surface area (Å²) in [5.74, 6) is 1.19. The first-order valence-electron chi connectivity index (χ1n) is 13.3. The summed E-state index contributed by atoms with van der Waals surface area (Å²) in [5.41, 5.74) is 3.03. The first-order valence-corrected chi connectivity index (χ1v) is 18.2. The van der Waals surface area contributed by atoms with E-state index in [0.29, 0.717) is 21.5 Å². The first kappa shape index (κ1) is 35.1. The molecule has 4 aromatic carbocycles. The Labute approximate surface area is 275 Å². The van der Waals surface area contributed by atoms with Crippen molar-refractivity contribution in [3.63, 3.8) is 0 Å². The minimum atomic E-state index is -4.37. The minimum absolute atomic E-state index is 0.0723. The zero-order chi connectivity index (χ0) is 32.8. The lowest BCUT2D eigenvalue weighted by atomic mass is 10.1. The number of rotatable bonds is 12. The van der Waals surface area contributed by atoms with Crippen molar-refractivity contribution in [3.8, 4) is 11.5 Å². The molecule has 236 valence electrons. The van der Waals surface area contributed by atoms with Crippen LogP contribution in [0.3, 0.4) is 0 Å². The van der Waals surface area contributed by atoms with Crippen LogP contribution in [0.25, 0.3) is 12.2 Å². The number of thioether (sulfide) groups is 1. The van der Waals surface area contributed by atoms with E-state index in [0.717, 1.165) is 22.3 Å². The van der Waals surface area contributed by atoms with Crippen molar-refractivity contribution in [1.29, 1.82) is 0 Å². The average Bonchev–Trinajstić information content (AvgIpc) is 3.00. The maximum atomic E-state index is 11.6. The molecule has 0 radical (unpaired) electrons. The molecule has 0 amide bonds. The van der Waals surface area contributed by atoms with Crippen LogP contribution in [-0.4, -0.2) is 33.8 Å². The predicted octanol–water partition coefficient (Wildman–Crippen LogP) is 7.56. The molecule has 0 heterocycles. The molecule has 0 saturated heterocycles. The number of hydrogen-bond donors (Lipinski definition) is 4. The number of ether oxygens (including phenoxy) is 2. The summed E-state index contributed by atoms with van der Waals surface area (Å²) in [6.07, 6.45) is 7.58. The third-order valence-electron chi connectivity index (χ3n) is 6.71. The summed E-state index contributed by atoms with van der Waals surface area (Å²) in [7, 11) is -5.64. The van der Waals surface area contributed by atoms with Crippen molar-refractivity contribution in [3.05, 3.63) is 129 Å². The summed E-state index contributed by atoms with van der Waals surface area (Å²) in [6, 6.07) is 22.9. The van der Waals surface area contributed by atoms with E-state index in [4.69, 9.17) is 32.7 Å². The molecule has 0 aromatic heterocycles. The van der Waals surface area contributed by atoms with Crippen LogP contribution < -0.4 is 20.1 Å². The molecule has 45 heavy (non-hydrogen) atoms. The van der Waals surface area contributed by atoms with Gasteiger partial charge in [-0.15, -0.1) is 11.8 Å². The molecule has 0 spiro atoms.